The van der Waals surface area contributed by atoms with Gasteiger partial charge in [-0.2, -0.15) is 0 Å². The molecule has 0 heterocycles. The predicted octanol–water partition coefficient (Wildman–Crippen LogP) is 0.773. The van der Waals surface area contributed by atoms with E-state index in [0.29, 0.717) is 6.54 Å². The first kappa shape index (κ1) is 14.2. The van der Waals surface area contributed by atoms with Crippen LogP contribution in [0.5, 0.6) is 5.75 Å². The van der Waals surface area contributed by atoms with Crippen LogP contribution in [0, 0.1) is 0 Å². The summed E-state index contributed by atoms with van der Waals surface area (Å²) in [7, 11) is 1.61. The molecule has 108 valence electrons. The Labute approximate surface area is 117 Å². The van der Waals surface area contributed by atoms with Crippen LogP contribution in [0.1, 0.15) is 18.4 Å². The molecule has 0 radical (unpaired) electrons. The first-order valence-corrected chi connectivity index (χ1v) is 6.61. The van der Waals surface area contributed by atoms with Gasteiger partial charge in [0.2, 0.25) is 5.91 Å². The van der Waals surface area contributed by atoms with Crippen molar-refractivity contribution in [1.29, 1.82) is 0 Å². The monoisotopic (exact) mass is 277 g/mol. The Kier molecular flexibility index (Phi) is 4.81. The van der Waals surface area contributed by atoms with E-state index in [4.69, 9.17) is 4.74 Å². The summed E-state index contributed by atoms with van der Waals surface area (Å²) in [5, 5.41) is 8.02. The fourth-order valence-electron chi connectivity index (χ4n) is 1.63. The Hall–Kier alpha value is -2.24. The van der Waals surface area contributed by atoms with Gasteiger partial charge in [-0.15, -0.1) is 0 Å². The van der Waals surface area contributed by atoms with Gasteiger partial charge in [0, 0.05) is 12.6 Å². The molecule has 0 atom stereocenters. The van der Waals surface area contributed by atoms with E-state index in [1.54, 1.807) is 7.11 Å². The largest absolute Gasteiger partial charge is 0.497 e. The average Bonchev–Trinajstić information content (AvgIpc) is 3.27. The second kappa shape index (κ2) is 6.79. The standard InChI is InChI=1S/C14H19N3O3/c1-20-12-6-2-10(3-7-12)8-15-13(18)9-16-14(19)17-11-4-5-11/h2-3,6-7,11H,4-5,8-9H2,1H3,(H,15,18)(H2,16,17,19). The van der Waals surface area contributed by atoms with Gasteiger partial charge in [-0.05, 0) is 30.5 Å². The molecule has 3 N–H and O–H groups in total. The molecule has 1 aliphatic rings. The van der Waals surface area contributed by atoms with Crippen molar-refractivity contribution >= 4 is 11.9 Å². The molecule has 3 amide bonds. The Morgan fingerprint density at radius 2 is 1.90 bits per heavy atom. The number of methoxy groups -OCH3 is 1. The normalized spacial score (nSPS) is 13.4. The zero-order chi connectivity index (χ0) is 14.4. The molecule has 1 saturated carbocycles. The molecular formula is C14H19N3O3. The average molecular weight is 277 g/mol. The van der Waals surface area contributed by atoms with Gasteiger partial charge in [0.25, 0.3) is 0 Å². The van der Waals surface area contributed by atoms with Gasteiger partial charge in [-0.1, -0.05) is 12.1 Å². The van der Waals surface area contributed by atoms with E-state index < -0.39 is 0 Å². The van der Waals surface area contributed by atoms with E-state index in [2.05, 4.69) is 16.0 Å². The maximum absolute atomic E-state index is 11.6. The van der Waals surface area contributed by atoms with Crippen LogP contribution >= 0.6 is 0 Å². The van der Waals surface area contributed by atoms with Crippen LogP contribution in [0.3, 0.4) is 0 Å². The van der Waals surface area contributed by atoms with Crippen molar-refractivity contribution in [3.63, 3.8) is 0 Å². The van der Waals surface area contributed by atoms with Gasteiger partial charge < -0.3 is 20.7 Å². The molecule has 0 aromatic heterocycles. The summed E-state index contributed by atoms with van der Waals surface area (Å²) in [6, 6.07) is 7.44. The Balaban J connectivity index is 1.64. The van der Waals surface area contributed by atoms with Gasteiger partial charge in [-0.25, -0.2) is 4.79 Å². The maximum Gasteiger partial charge on any atom is 0.315 e. The molecule has 0 unspecified atom stereocenters. The van der Waals surface area contributed by atoms with Crippen LogP contribution in [-0.2, 0) is 11.3 Å². The number of ether oxygens (including phenoxy) is 1. The van der Waals surface area contributed by atoms with E-state index in [-0.39, 0.29) is 24.5 Å². The third-order valence-electron chi connectivity index (χ3n) is 2.97. The topological polar surface area (TPSA) is 79.5 Å². The number of hydrogen-bond acceptors (Lipinski definition) is 3. The van der Waals surface area contributed by atoms with Crippen LogP contribution in [0.15, 0.2) is 24.3 Å². The lowest BCUT2D eigenvalue weighted by molar-refractivity contribution is -0.120. The summed E-state index contributed by atoms with van der Waals surface area (Å²) in [4.78, 5) is 22.9. The second-order valence-electron chi connectivity index (χ2n) is 4.73. The highest BCUT2D eigenvalue weighted by atomic mass is 16.5. The molecular weight excluding hydrogens is 258 g/mol. The van der Waals surface area contributed by atoms with E-state index in [1.807, 2.05) is 24.3 Å². The molecule has 0 bridgehead atoms. The highest BCUT2D eigenvalue weighted by Crippen LogP contribution is 2.18. The van der Waals surface area contributed by atoms with Gasteiger partial charge in [0.05, 0.1) is 13.7 Å². The molecule has 6 heteroatoms. The zero-order valence-corrected chi connectivity index (χ0v) is 11.4. The van der Waals surface area contributed by atoms with Gasteiger partial charge in [-0.3, -0.25) is 4.79 Å². The summed E-state index contributed by atoms with van der Waals surface area (Å²) in [5.41, 5.74) is 0.974. The molecule has 1 aliphatic carbocycles. The fourth-order valence-corrected chi connectivity index (χ4v) is 1.63. The molecule has 6 nitrogen and oxygen atoms in total. The lowest BCUT2D eigenvalue weighted by Crippen LogP contribution is -2.42. The summed E-state index contributed by atoms with van der Waals surface area (Å²) < 4.78 is 5.05. The van der Waals surface area contributed by atoms with E-state index in [0.717, 1.165) is 24.2 Å². The highest BCUT2D eigenvalue weighted by Gasteiger charge is 2.23. The number of carbonyl (C=O) groups excluding carboxylic acids is 2. The van der Waals surface area contributed by atoms with E-state index in [1.165, 1.54) is 0 Å². The number of hydrogen-bond donors (Lipinski definition) is 3. The third-order valence-corrected chi connectivity index (χ3v) is 2.97. The minimum atomic E-state index is -0.285. The zero-order valence-electron chi connectivity index (χ0n) is 11.4. The molecule has 1 aromatic rings. The number of carbonyl (C=O) groups is 2. The lowest BCUT2D eigenvalue weighted by atomic mass is 10.2. The lowest BCUT2D eigenvalue weighted by Gasteiger charge is -2.08. The molecule has 1 aromatic carbocycles. The van der Waals surface area contributed by atoms with Gasteiger partial charge in [0.1, 0.15) is 5.75 Å². The molecule has 0 spiro atoms. The Morgan fingerprint density at radius 3 is 2.50 bits per heavy atom. The van der Waals surface area contributed by atoms with Crippen molar-refractivity contribution in [2.75, 3.05) is 13.7 Å². The molecule has 2 rings (SSSR count). The smallest absolute Gasteiger partial charge is 0.315 e. The van der Waals surface area contributed by atoms with Crippen LogP contribution in [0.2, 0.25) is 0 Å². The molecule has 0 aliphatic heterocycles. The van der Waals surface area contributed by atoms with E-state index >= 15 is 0 Å². The molecule has 1 fully saturated rings. The Bertz CT molecular complexity index is 469. The second-order valence-corrected chi connectivity index (χ2v) is 4.73. The fraction of sp³-hybridized carbons (Fsp3) is 0.429. The van der Waals surface area contributed by atoms with Crippen LogP contribution < -0.4 is 20.7 Å². The van der Waals surface area contributed by atoms with Gasteiger partial charge >= 0.3 is 6.03 Å². The first-order chi connectivity index (χ1) is 9.67. The number of urea groups is 1. The third kappa shape index (κ3) is 4.79. The molecule has 20 heavy (non-hydrogen) atoms. The van der Waals surface area contributed by atoms with Crippen molar-refractivity contribution in [1.82, 2.24) is 16.0 Å². The number of nitrogens with one attached hydrogen (secondary N) is 3. The Morgan fingerprint density at radius 1 is 1.20 bits per heavy atom. The highest BCUT2D eigenvalue weighted by molar-refractivity contribution is 5.84. The van der Waals surface area contributed by atoms with Crippen LogP contribution in [0.25, 0.3) is 0 Å². The molecule has 0 saturated heterocycles. The predicted molar refractivity (Wildman–Crippen MR) is 74.4 cm³/mol. The summed E-state index contributed by atoms with van der Waals surface area (Å²) in [6.07, 6.45) is 2.05. The number of rotatable bonds is 6. The number of benzene rings is 1. The minimum absolute atomic E-state index is 0.0191. The quantitative estimate of drug-likeness (QED) is 0.718. The van der Waals surface area contributed by atoms with Crippen LogP contribution in [0.4, 0.5) is 4.79 Å². The van der Waals surface area contributed by atoms with Crippen molar-refractivity contribution < 1.29 is 14.3 Å². The van der Waals surface area contributed by atoms with Crippen molar-refractivity contribution in [3.8, 4) is 5.75 Å². The van der Waals surface area contributed by atoms with E-state index in [9.17, 15) is 9.59 Å². The van der Waals surface area contributed by atoms with Crippen molar-refractivity contribution in [2.45, 2.75) is 25.4 Å². The maximum atomic E-state index is 11.6. The summed E-state index contributed by atoms with van der Waals surface area (Å²) in [6.45, 7) is 0.406. The first-order valence-electron chi connectivity index (χ1n) is 6.61. The van der Waals surface area contributed by atoms with Gasteiger partial charge in [0.15, 0.2) is 0 Å². The van der Waals surface area contributed by atoms with Crippen LogP contribution in [-0.4, -0.2) is 31.6 Å². The summed E-state index contributed by atoms with van der Waals surface area (Å²) >= 11 is 0. The SMILES string of the molecule is COc1ccc(CNC(=O)CNC(=O)NC2CC2)cc1. The van der Waals surface area contributed by atoms with Crippen molar-refractivity contribution in [3.05, 3.63) is 29.8 Å². The summed E-state index contributed by atoms with van der Waals surface area (Å²) in [5.74, 6) is 0.560. The number of amides is 3. The minimum Gasteiger partial charge on any atom is -0.497 e. The van der Waals surface area contributed by atoms with Crippen molar-refractivity contribution in [2.24, 2.45) is 0 Å².